The zero-order valence-electron chi connectivity index (χ0n) is 12.3. The van der Waals surface area contributed by atoms with E-state index in [1.807, 2.05) is 0 Å². The Bertz CT molecular complexity index is 636. The van der Waals surface area contributed by atoms with E-state index in [-0.39, 0.29) is 5.91 Å². The molecule has 0 spiro atoms. The molecule has 0 saturated carbocycles. The summed E-state index contributed by atoms with van der Waals surface area (Å²) in [6, 6.07) is 6.87. The van der Waals surface area contributed by atoms with Crippen LogP contribution in [0, 0.1) is 0 Å². The fourth-order valence-corrected chi connectivity index (χ4v) is 3.53. The van der Waals surface area contributed by atoms with Crippen LogP contribution in [0.1, 0.15) is 30.5 Å². The van der Waals surface area contributed by atoms with Crippen molar-refractivity contribution in [1.29, 1.82) is 0 Å². The molecule has 4 heteroatoms. The summed E-state index contributed by atoms with van der Waals surface area (Å²) in [5.41, 5.74) is 4.88. The van der Waals surface area contributed by atoms with Crippen LogP contribution in [0.4, 0.5) is 0 Å². The van der Waals surface area contributed by atoms with Gasteiger partial charge < -0.3 is 10.1 Å². The van der Waals surface area contributed by atoms with Gasteiger partial charge in [0.05, 0.1) is 6.61 Å². The zero-order valence-corrected chi connectivity index (χ0v) is 12.3. The number of ether oxygens (including phenoxy) is 1. The van der Waals surface area contributed by atoms with Gasteiger partial charge in [-0.05, 0) is 36.1 Å². The van der Waals surface area contributed by atoms with Gasteiger partial charge in [-0.15, -0.1) is 0 Å². The highest BCUT2D eigenvalue weighted by Crippen LogP contribution is 2.33. The molecule has 0 radical (unpaired) electrons. The third kappa shape index (κ3) is 2.14. The number of benzene rings is 1. The van der Waals surface area contributed by atoms with Crippen LogP contribution in [0.15, 0.2) is 29.3 Å². The van der Waals surface area contributed by atoms with Crippen LogP contribution in [-0.4, -0.2) is 37.0 Å². The predicted octanol–water partition coefficient (Wildman–Crippen LogP) is 1.81. The van der Waals surface area contributed by atoms with Gasteiger partial charge >= 0.3 is 0 Å². The number of carbonyl (C=O) groups excluding carboxylic acids is 1. The van der Waals surface area contributed by atoms with Crippen LogP contribution in [0.2, 0.25) is 0 Å². The van der Waals surface area contributed by atoms with Gasteiger partial charge in [-0.2, -0.15) is 0 Å². The Hall–Kier alpha value is -1.81. The average Bonchev–Trinajstić information content (AvgIpc) is 3.12. The van der Waals surface area contributed by atoms with Crippen LogP contribution in [-0.2, 0) is 11.2 Å². The number of fused-ring (bicyclic) bond motifs is 1. The Balaban J connectivity index is 1.55. The number of amides is 1. The lowest BCUT2D eigenvalue weighted by Gasteiger charge is -2.33. The number of rotatable bonds is 2. The van der Waals surface area contributed by atoms with Crippen molar-refractivity contribution in [2.24, 2.45) is 0 Å². The van der Waals surface area contributed by atoms with Crippen molar-refractivity contribution in [2.75, 3.05) is 26.2 Å². The van der Waals surface area contributed by atoms with E-state index in [0.717, 1.165) is 50.4 Å². The average molecular weight is 284 g/mol. The first-order valence-electron chi connectivity index (χ1n) is 7.71. The zero-order chi connectivity index (χ0) is 14.4. The van der Waals surface area contributed by atoms with E-state index in [1.165, 1.54) is 16.7 Å². The Morgan fingerprint density at radius 2 is 2.24 bits per heavy atom. The predicted molar refractivity (Wildman–Crippen MR) is 80.3 cm³/mol. The van der Waals surface area contributed by atoms with E-state index >= 15 is 0 Å². The van der Waals surface area contributed by atoms with Gasteiger partial charge in [-0.1, -0.05) is 12.1 Å². The summed E-state index contributed by atoms with van der Waals surface area (Å²) < 4.78 is 5.67. The lowest BCUT2D eigenvalue weighted by atomic mass is 9.98. The number of nitrogens with zero attached hydrogens (tertiary/aromatic N) is 1. The number of hydrogen-bond donors (Lipinski definition) is 1. The van der Waals surface area contributed by atoms with Crippen LogP contribution in [0.3, 0.4) is 0 Å². The molecule has 21 heavy (non-hydrogen) atoms. The fourth-order valence-electron chi connectivity index (χ4n) is 3.53. The summed E-state index contributed by atoms with van der Waals surface area (Å²) in [6.45, 7) is 5.55. The quantitative estimate of drug-likeness (QED) is 0.900. The lowest BCUT2D eigenvalue weighted by Crippen LogP contribution is -2.35. The third-order valence-electron chi connectivity index (χ3n) is 4.98. The van der Waals surface area contributed by atoms with E-state index in [2.05, 4.69) is 35.3 Å². The van der Waals surface area contributed by atoms with Crippen molar-refractivity contribution in [3.05, 3.63) is 40.5 Å². The van der Waals surface area contributed by atoms with Crippen molar-refractivity contribution in [3.63, 3.8) is 0 Å². The molecule has 0 bridgehead atoms. The fraction of sp³-hybridized carbons (Fsp3) is 0.471. The second-order valence-corrected chi connectivity index (χ2v) is 6.13. The summed E-state index contributed by atoms with van der Waals surface area (Å²) in [4.78, 5) is 14.2. The van der Waals surface area contributed by atoms with Gasteiger partial charge in [0.25, 0.3) is 0 Å². The molecular weight excluding hydrogens is 264 g/mol. The second-order valence-electron chi connectivity index (χ2n) is 6.13. The van der Waals surface area contributed by atoms with Crippen molar-refractivity contribution in [2.45, 2.75) is 25.8 Å². The highest BCUT2D eigenvalue weighted by molar-refractivity contribution is 5.97. The highest BCUT2D eigenvalue weighted by Gasteiger charge is 2.30. The molecule has 0 fully saturated rings. The molecule has 0 saturated heterocycles. The maximum atomic E-state index is 11.9. The Kier molecular flexibility index (Phi) is 3.00. The SMILES string of the molecule is CC(c1ccc2c(c1)OCC2)N1CCC2=C(C1)C(=O)NC2. The number of carbonyl (C=O) groups is 1. The first-order chi connectivity index (χ1) is 10.2. The molecule has 1 unspecified atom stereocenters. The van der Waals surface area contributed by atoms with Gasteiger partial charge in [-0.3, -0.25) is 9.69 Å². The van der Waals surface area contributed by atoms with Crippen molar-refractivity contribution >= 4 is 5.91 Å². The molecule has 3 aliphatic heterocycles. The van der Waals surface area contributed by atoms with Gasteiger partial charge in [0.1, 0.15) is 5.75 Å². The topological polar surface area (TPSA) is 41.6 Å². The van der Waals surface area contributed by atoms with E-state index < -0.39 is 0 Å². The number of nitrogens with one attached hydrogen (secondary N) is 1. The van der Waals surface area contributed by atoms with E-state index in [0.29, 0.717) is 6.04 Å². The molecule has 4 nitrogen and oxygen atoms in total. The highest BCUT2D eigenvalue weighted by atomic mass is 16.5. The molecule has 1 amide bonds. The normalized spacial score (nSPS) is 22.6. The molecule has 1 N–H and O–H groups in total. The molecular formula is C17H20N2O2. The first-order valence-corrected chi connectivity index (χ1v) is 7.71. The summed E-state index contributed by atoms with van der Waals surface area (Å²) in [5.74, 6) is 1.16. The van der Waals surface area contributed by atoms with E-state index in [1.54, 1.807) is 0 Å². The standard InChI is InChI=1S/C17H20N2O2/c1-11(13-3-2-12-5-7-21-16(12)8-13)19-6-4-14-9-18-17(20)15(14)10-19/h2-3,8,11H,4-7,9-10H2,1H3,(H,18,20). The minimum atomic E-state index is 0.124. The second kappa shape index (κ2) is 4.88. The molecule has 0 aliphatic carbocycles. The molecule has 1 atom stereocenters. The summed E-state index contributed by atoms with van der Waals surface area (Å²) in [7, 11) is 0. The van der Waals surface area contributed by atoms with Crippen LogP contribution in [0.25, 0.3) is 0 Å². The van der Waals surface area contributed by atoms with E-state index in [4.69, 9.17) is 4.74 Å². The minimum absolute atomic E-state index is 0.124. The van der Waals surface area contributed by atoms with Gasteiger partial charge in [0.2, 0.25) is 5.91 Å². The Morgan fingerprint density at radius 1 is 1.33 bits per heavy atom. The van der Waals surface area contributed by atoms with Gasteiger partial charge in [0, 0.05) is 37.7 Å². The van der Waals surface area contributed by atoms with Crippen LogP contribution < -0.4 is 10.1 Å². The van der Waals surface area contributed by atoms with Crippen molar-refractivity contribution in [1.82, 2.24) is 10.2 Å². The van der Waals surface area contributed by atoms with Crippen LogP contribution in [0.5, 0.6) is 5.75 Å². The minimum Gasteiger partial charge on any atom is -0.493 e. The molecule has 3 heterocycles. The molecule has 1 aromatic rings. The largest absolute Gasteiger partial charge is 0.493 e. The third-order valence-corrected chi connectivity index (χ3v) is 4.98. The maximum absolute atomic E-state index is 11.9. The smallest absolute Gasteiger partial charge is 0.248 e. The van der Waals surface area contributed by atoms with Gasteiger partial charge in [0.15, 0.2) is 0 Å². The molecule has 4 rings (SSSR count). The summed E-state index contributed by atoms with van der Waals surface area (Å²) in [5, 5.41) is 2.94. The van der Waals surface area contributed by atoms with E-state index in [9.17, 15) is 4.79 Å². The maximum Gasteiger partial charge on any atom is 0.248 e. The molecule has 0 aromatic heterocycles. The number of hydrogen-bond acceptors (Lipinski definition) is 3. The Labute approximate surface area is 124 Å². The van der Waals surface area contributed by atoms with Gasteiger partial charge in [-0.25, -0.2) is 0 Å². The summed E-state index contributed by atoms with van der Waals surface area (Å²) >= 11 is 0. The first kappa shape index (κ1) is 12.9. The molecule has 3 aliphatic rings. The molecule has 110 valence electrons. The Morgan fingerprint density at radius 3 is 3.14 bits per heavy atom. The van der Waals surface area contributed by atoms with Crippen LogP contribution >= 0.6 is 0 Å². The summed E-state index contributed by atoms with van der Waals surface area (Å²) in [6.07, 6.45) is 2.02. The monoisotopic (exact) mass is 284 g/mol. The van der Waals surface area contributed by atoms with Crippen molar-refractivity contribution < 1.29 is 9.53 Å². The van der Waals surface area contributed by atoms with Crippen molar-refractivity contribution in [3.8, 4) is 5.75 Å². The molecule has 1 aromatic carbocycles. The lowest BCUT2D eigenvalue weighted by molar-refractivity contribution is -0.116.